The van der Waals surface area contributed by atoms with E-state index in [1.54, 1.807) is 0 Å². The predicted molar refractivity (Wildman–Crippen MR) is 106 cm³/mol. The number of rotatable bonds is 6. The summed E-state index contributed by atoms with van der Waals surface area (Å²) in [5.41, 5.74) is 4.39. The Labute approximate surface area is 153 Å². The lowest BCUT2D eigenvalue weighted by Crippen LogP contribution is -2.46. The van der Waals surface area contributed by atoms with Crippen molar-refractivity contribution in [1.29, 1.82) is 0 Å². The molecule has 0 radical (unpaired) electrons. The van der Waals surface area contributed by atoms with Gasteiger partial charge in [-0.25, -0.2) is 0 Å². The van der Waals surface area contributed by atoms with Crippen LogP contribution in [0.2, 0.25) is 0 Å². The lowest BCUT2D eigenvalue weighted by molar-refractivity contribution is -0.00364. The first-order valence-corrected chi connectivity index (χ1v) is 9.73. The summed E-state index contributed by atoms with van der Waals surface area (Å²) < 4.78 is 6.34. The largest absolute Gasteiger partial charge is 0.376 e. The second kappa shape index (κ2) is 7.74. The molecule has 0 N–H and O–H groups in total. The summed E-state index contributed by atoms with van der Waals surface area (Å²) >= 11 is 0. The van der Waals surface area contributed by atoms with E-state index >= 15 is 0 Å². The maximum atomic E-state index is 6.34. The van der Waals surface area contributed by atoms with Gasteiger partial charge in [0.25, 0.3) is 0 Å². The molecule has 0 aliphatic heterocycles. The van der Waals surface area contributed by atoms with E-state index in [1.165, 1.54) is 48.8 Å². The van der Waals surface area contributed by atoms with Gasteiger partial charge in [0, 0.05) is 5.41 Å². The van der Waals surface area contributed by atoms with Crippen molar-refractivity contribution >= 4 is 0 Å². The quantitative estimate of drug-likeness (QED) is 0.590. The standard InChI is InChI=1S/C24H32O/c1-20-12-8-9-13-21(20)18-25-19-24(3,22-14-6-4-7-15-22)23(2)16-10-5-11-17-23/h4,6-9,12-15H,5,10-11,16-19H2,1-3H3/t24-/m1/s1. The van der Waals surface area contributed by atoms with Gasteiger partial charge in [-0.3, -0.25) is 0 Å². The van der Waals surface area contributed by atoms with Crippen molar-refractivity contribution in [2.24, 2.45) is 5.41 Å². The molecule has 2 aromatic carbocycles. The number of hydrogen-bond acceptors (Lipinski definition) is 1. The molecular weight excluding hydrogens is 304 g/mol. The normalized spacial score (nSPS) is 19.3. The van der Waals surface area contributed by atoms with E-state index in [0.717, 1.165) is 6.61 Å². The monoisotopic (exact) mass is 336 g/mol. The number of ether oxygens (including phenoxy) is 1. The predicted octanol–water partition coefficient (Wildman–Crippen LogP) is 6.44. The highest BCUT2D eigenvalue weighted by Gasteiger charge is 2.46. The minimum atomic E-state index is 0.0529. The SMILES string of the molecule is Cc1ccccc1COC[C@](C)(c1ccccc1)C1(C)CCCCC1. The molecule has 0 heterocycles. The molecule has 0 aromatic heterocycles. The maximum Gasteiger partial charge on any atom is 0.0719 e. The molecule has 1 aliphatic carbocycles. The third-order valence-electron chi connectivity index (χ3n) is 6.61. The van der Waals surface area contributed by atoms with Gasteiger partial charge >= 0.3 is 0 Å². The Morgan fingerprint density at radius 3 is 2.24 bits per heavy atom. The van der Waals surface area contributed by atoms with Gasteiger partial charge in [0.05, 0.1) is 13.2 Å². The Balaban J connectivity index is 1.81. The zero-order chi connectivity index (χ0) is 17.8. The van der Waals surface area contributed by atoms with Crippen LogP contribution in [0.5, 0.6) is 0 Å². The van der Waals surface area contributed by atoms with Gasteiger partial charge in [0.2, 0.25) is 0 Å². The molecule has 0 bridgehead atoms. The Kier molecular flexibility index (Phi) is 5.64. The zero-order valence-electron chi connectivity index (χ0n) is 16.1. The lowest BCUT2D eigenvalue weighted by atomic mass is 9.56. The molecule has 0 unspecified atom stereocenters. The summed E-state index contributed by atoms with van der Waals surface area (Å²) in [7, 11) is 0. The van der Waals surface area contributed by atoms with Gasteiger partial charge in [-0.15, -0.1) is 0 Å². The number of benzene rings is 2. The summed E-state index contributed by atoms with van der Waals surface area (Å²) in [6.45, 7) is 8.55. The fourth-order valence-electron chi connectivity index (χ4n) is 4.43. The minimum absolute atomic E-state index is 0.0529. The Morgan fingerprint density at radius 1 is 0.920 bits per heavy atom. The summed E-state index contributed by atoms with van der Waals surface area (Å²) in [5.74, 6) is 0. The first-order valence-electron chi connectivity index (χ1n) is 9.73. The molecule has 0 saturated heterocycles. The van der Waals surface area contributed by atoms with Gasteiger partial charge in [-0.05, 0) is 41.9 Å². The summed E-state index contributed by atoms with van der Waals surface area (Å²) in [6, 6.07) is 19.6. The molecule has 1 fully saturated rings. The van der Waals surface area contributed by atoms with E-state index in [-0.39, 0.29) is 5.41 Å². The molecule has 1 heteroatoms. The Bertz CT molecular complexity index is 670. The highest BCUT2D eigenvalue weighted by atomic mass is 16.5. The second-order valence-corrected chi connectivity index (χ2v) is 8.24. The van der Waals surface area contributed by atoms with Crippen LogP contribution in [0.1, 0.15) is 62.6 Å². The number of aryl methyl sites for hydroxylation is 1. The van der Waals surface area contributed by atoms with Crippen molar-refractivity contribution in [3.63, 3.8) is 0 Å². The fraction of sp³-hybridized carbons (Fsp3) is 0.500. The number of hydrogen-bond donors (Lipinski definition) is 0. The zero-order valence-corrected chi connectivity index (χ0v) is 16.1. The van der Waals surface area contributed by atoms with E-state index in [2.05, 4.69) is 75.4 Å². The smallest absolute Gasteiger partial charge is 0.0719 e. The molecule has 1 nitrogen and oxygen atoms in total. The van der Waals surface area contributed by atoms with Gasteiger partial charge in [-0.2, -0.15) is 0 Å². The third kappa shape index (κ3) is 3.82. The van der Waals surface area contributed by atoms with Gasteiger partial charge in [-0.1, -0.05) is 87.7 Å². The molecule has 2 aromatic rings. The Morgan fingerprint density at radius 2 is 1.56 bits per heavy atom. The van der Waals surface area contributed by atoms with Crippen LogP contribution in [0.4, 0.5) is 0 Å². The summed E-state index contributed by atoms with van der Waals surface area (Å²) in [6.07, 6.45) is 6.66. The topological polar surface area (TPSA) is 9.23 Å². The third-order valence-corrected chi connectivity index (χ3v) is 6.61. The molecular formula is C24H32O. The van der Waals surface area contributed by atoms with E-state index < -0.39 is 0 Å². The van der Waals surface area contributed by atoms with Crippen LogP contribution in [-0.2, 0) is 16.8 Å². The minimum Gasteiger partial charge on any atom is -0.376 e. The highest BCUT2D eigenvalue weighted by molar-refractivity contribution is 5.29. The highest BCUT2D eigenvalue weighted by Crippen LogP contribution is 2.51. The molecule has 1 aliphatic rings. The molecule has 134 valence electrons. The van der Waals surface area contributed by atoms with Gasteiger partial charge < -0.3 is 4.74 Å². The van der Waals surface area contributed by atoms with Crippen LogP contribution in [0.25, 0.3) is 0 Å². The van der Waals surface area contributed by atoms with E-state index in [4.69, 9.17) is 4.74 Å². The molecule has 1 saturated carbocycles. The molecule has 0 spiro atoms. The maximum absolute atomic E-state index is 6.34. The van der Waals surface area contributed by atoms with Crippen molar-refractivity contribution in [3.05, 3.63) is 71.3 Å². The second-order valence-electron chi connectivity index (χ2n) is 8.24. The first kappa shape index (κ1) is 18.2. The van der Waals surface area contributed by atoms with E-state index in [0.29, 0.717) is 12.0 Å². The Hall–Kier alpha value is -1.60. The summed E-state index contributed by atoms with van der Waals surface area (Å²) in [4.78, 5) is 0. The molecule has 1 atom stereocenters. The van der Waals surface area contributed by atoms with E-state index in [9.17, 15) is 0 Å². The molecule has 25 heavy (non-hydrogen) atoms. The van der Waals surface area contributed by atoms with Crippen LogP contribution in [0.3, 0.4) is 0 Å². The van der Waals surface area contributed by atoms with Crippen LogP contribution in [0.15, 0.2) is 54.6 Å². The summed E-state index contributed by atoms with van der Waals surface area (Å²) in [5, 5.41) is 0. The van der Waals surface area contributed by atoms with Crippen molar-refractivity contribution in [1.82, 2.24) is 0 Å². The molecule has 0 amide bonds. The van der Waals surface area contributed by atoms with Crippen LogP contribution in [-0.4, -0.2) is 6.61 Å². The molecule has 3 rings (SSSR count). The van der Waals surface area contributed by atoms with Crippen molar-refractivity contribution in [2.75, 3.05) is 6.61 Å². The lowest BCUT2D eigenvalue weighted by Gasteiger charge is -2.49. The van der Waals surface area contributed by atoms with Crippen molar-refractivity contribution in [3.8, 4) is 0 Å². The van der Waals surface area contributed by atoms with Crippen LogP contribution in [0, 0.1) is 12.3 Å². The average molecular weight is 337 g/mol. The van der Waals surface area contributed by atoms with Crippen molar-refractivity contribution < 1.29 is 4.74 Å². The van der Waals surface area contributed by atoms with E-state index in [1.807, 2.05) is 0 Å². The average Bonchev–Trinajstić information content (AvgIpc) is 2.64. The van der Waals surface area contributed by atoms with Crippen LogP contribution >= 0.6 is 0 Å². The van der Waals surface area contributed by atoms with Crippen LogP contribution < -0.4 is 0 Å². The van der Waals surface area contributed by atoms with Gasteiger partial charge in [0.15, 0.2) is 0 Å². The van der Waals surface area contributed by atoms with Gasteiger partial charge in [0.1, 0.15) is 0 Å². The fourth-order valence-corrected chi connectivity index (χ4v) is 4.43. The first-order chi connectivity index (χ1) is 12.1. The van der Waals surface area contributed by atoms with Crippen molar-refractivity contribution in [2.45, 2.75) is 64.9 Å².